The summed E-state index contributed by atoms with van der Waals surface area (Å²) in [6.45, 7) is 7.95. The molecule has 1 aliphatic rings. The van der Waals surface area contributed by atoms with E-state index in [9.17, 15) is 14.9 Å². The highest BCUT2D eigenvalue weighted by molar-refractivity contribution is 6.02. The summed E-state index contributed by atoms with van der Waals surface area (Å²) in [5.74, 6) is 0.00748. The standard InChI is InChI=1S/C26H28N6O2/c1-3-28-25(33)21(17-27)16-22-24(29-23-19(2)8-7-11-32(23)26(22)34)31-14-12-30(13-15-31)18-20-9-5-4-6-10-20/h4-11,16H,3,12-15,18H2,1-2H3,(H,28,33)/b21-16+. The summed E-state index contributed by atoms with van der Waals surface area (Å²) in [6.07, 6.45) is 3.04. The molecule has 0 spiro atoms. The quantitative estimate of drug-likeness (QED) is 0.452. The molecule has 174 valence electrons. The maximum atomic E-state index is 13.5. The first kappa shape index (κ1) is 23.2. The first-order chi connectivity index (χ1) is 16.5. The molecule has 1 saturated heterocycles. The molecule has 0 radical (unpaired) electrons. The van der Waals surface area contributed by atoms with Gasteiger partial charge in [0.2, 0.25) is 0 Å². The van der Waals surface area contributed by atoms with Crippen molar-refractivity contribution in [3.63, 3.8) is 0 Å². The number of fused-ring (bicyclic) bond motifs is 1. The molecule has 1 amide bonds. The van der Waals surface area contributed by atoms with Gasteiger partial charge in [-0.3, -0.25) is 18.9 Å². The van der Waals surface area contributed by atoms with Gasteiger partial charge in [-0.25, -0.2) is 4.98 Å². The summed E-state index contributed by atoms with van der Waals surface area (Å²) in [5.41, 5.74) is 2.55. The Morgan fingerprint density at radius 1 is 1.15 bits per heavy atom. The fraction of sp³-hybridized carbons (Fsp3) is 0.308. The highest BCUT2D eigenvalue weighted by Gasteiger charge is 2.24. The minimum absolute atomic E-state index is 0.114. The SMILES string of the molecule is CCNC(=O)/C(C#N)=C/c1c(N2CCN(Cc3ccccc3)CC2)nc2c(C)cccn2c1=O. The third-order valence-electron chi connectivity index (χ3n) is 5.98. The van der Waals surface area contributed by atoms with Gasteiger partial charge in [0.05, 0.1) is 5.56 Å². The van der Waals surface area contributed by atoms with Gasteiger partial charge in [-0.05, 0) is 37.1 Å². The second-order valence-corrected chi connectivity index (χ2v) is 8.32. The van der Waals surface area contributed by atoms with Crippen LogP contribution in [-0.2, 0) is 11.3 Å². The summed E-state index contributed by atoms with van der Waals surface area (Å²) < 4.78 is 1.48. The number of piperazine rings is 1. The Bertz CT molecular complexity index is 1310. The lowest BCUT2D eigenvalue weighted by molar-refractivity contribution is -0.116. The number of nitrogens with zero attached hydrogens (tertiary/aromatic N) is 5. The number of carbonyl (C=O) groups is 1. The van der Waals surface area contributed by atoms with Gasteiger partial charge in [-0.2, -0.15) is 5.26 Å². The molecule has 0 bridgehead atoms. The van der Waals surface area contributed by atoms with Crippen LogP contribution in [0.25, 0.3) is 11.7 Å². The Hall–Kier alpha value is -3.96. The molecule has 1 aromatic carbocycles. The summed E-state index contributed by atoms with van der Waals surface area (Å²) in [4.78, 5) is 35.1. The fourth-order valence-electron chi connectivity index (χ4n) is 4.18. The number of likely N-dealkylation sites (N-methyl/N-ethyl adjacent to an activating group) is 1. The monoisotopic (exact) mass is 456 g/mol. The maximum Gasteiger partial charge on any atom is 0.267 e. The smallest absolute Gasteiger partial charge is 0.267 e. The van der Waals surface area contributed by atoms with Crippen LogP contribution in [0.4, 0.5) is 5.82 Å². The van der Waals surface area contributed by atoms with Crippen LogP contribution in [0.15, 0.2) is 59.0 Å². The van der Waals surface area contributed by atoms with Crippen molar-refractivity contribution in [3.8, 4) is 6.07 Å². The number of amides is 1. The molecule has 3 heterocycles. The first-order valence-corrected chi connectivity index (χ1v) is 11.4. The molecule has 4 rings (SSSR count). The van der Waals surface area contributed by atoms with Gasteiger partial charge >= 0.3 is 0 Å². The Labute approximate surface area is 198 Å². The van der Waals surface area contributed by atoms with Crippen LogP contribution in [0.5, 0.6) is 0 Å². The Kier molecular flexibility index (Phi) is 7.04. The van der Waals surface area contributed by atoms with Crippen LogP contribution in [0.3, 0.4) is 0 Å². The van der Waals surface area contributed by atoms with Crippen molar-refractivity contribution in [2.75, 3.05) is 37.6 Å². The second-order valence-electron chi connectivity index (χ2n) is 8.32. The number of pyridine rings is 1. The van der Waals surface area contributed by atoms with Gasteiger partial charge in [-0.1, -0.05) is 36.4 Å². The molecule has 1 N–H and O–H groups in total. The molecule has 8 nitrogen and oxygen atoms in total. The number of anilines is 1. The molecule has 0 unspecified atom stereocenters. The van der Waals surface area contributed by atoms with E-state index in [1.54, 1.807) is 19.2 Å². The number of benzene rings is 1. The van der Waals surface area contributed by atoms with Gasteiger partial charge in [-0.15, -0.1) is 0 Å². The summed E-state index contributed by atoms with van der Waals surface area (Å²) in [6, 6.07) is 16.0. The normalized spacial score (nSPS) is 14.7. The summed E-state index contributed by atoms with van der Waals surface area (Å²) >= 11 is 0. The van der Waals surface area contributed by atoms with Gasteiger partial charge in [0.15, 0.2) is 0 Å². The third-order valence-corrected chi connectivity index (χ3v) is 5.98. The zero-order valence-corrected chi connectivity index (χ0v) is 19.5. The Morgan fingerprint density at radius 2 is 1.88 bits per heavy atom. The topological polar surface area (TPSA) is 93.7 Å². The van der Waals surface area contributed by atoms with Crippen molar-refractivity contribution < 1.29 is 4.79 Å². The van der Waals surface area contributed by atoms with Crippen molar-refractivity contribution in [2.24, 2.45) is 0 Å². The molecular formula is C26H28N6O2. The van der Waals surface area contributed by atoms with E-state index in [1.165, 1.54) is 16.0 Å². The molecule has 2 aromatic heterocycles. The van der Waals surface area contributed by atoms with E-state index in [2.05, 4.69) is 27.2 Å². The molecule has 0 atom stereocenters. The number of rotatable bonds is 6. The van der Waals surface area contributed by atoms with Gasteiger partial charge in [0.1, 0.15) is 23.1 Å². The van der Waals surface area contributed by atoms with Crippen LogP contribution in [0.2, 0.25) is 0 Å². The van der Waals surface area contributed by atoms with Gasteiger partial charge in [0.25, 0.3) is 11.5 Å². The van der Waals surface area contributed by atoms with E-state index in [1.807, 2.05) is 37.3 Å². The second kappa shape index (κ2) is 10.3. The predicted molar refractivity (Wildman–Crippen MR) is 132 cm³/mol. The highest BCUT2D eigenvalue weighted by atomic mass is 16.1. The summed E-state index contributed by atoms with van der Waals surface area (Å²) in [7, 11) is 0. The fourth-order valence-corrected chi connectivity index (χ4v) is 4.18. The number of nitriles is 1. The third kappa shape index (κ3) is 4.85. The number of aryl methyl sites for hydroxylation is 1. The minimum Gasteiger partial charge on any atom is -0.353 e. The predicted octanol–water partition coefficient (Wildman–Crippen LogP) is 2.37. The molecule has 3 aromatic rings. The molecule has 8 heteroatoms. The number of aromatic nitrogens is 2. The minimum atomic E-state index is -0.502. The lowest BCUT2D eigenvalue weighted by Crippen LogP contribution is -2.47. The number of carbonyl (C=O) groups excluding carboxylic acids is 1. The van der Waals surface area contributed by atoms with Crippen LogP contribution < -0.4 is 15.8 Å². The van der Waals surface area contributed by atoms with E-state index in [4.69, 9.17) is 4.98 Å². The van der Waals surface area contributed by atoms with E-state index in [0.717, 1.165) is 25.2 Å². The largest absolute Gasteiger partial charge is 0.353 e. The van der Waals surface area contributed by atoms with Crippen molar-refractivity contribution in [3.05, 3.63) is 81.3 Å². The molecule has 34 heavy (non-hydrogen) atoms. The van der Waals surface area contributed by atoms with Crippen molar-refractivity contribution in [1.29, 1.82) is 5.26 Å². The lowest BCUT2D eigenvalue weighted by atomic mass is 10.1. The molecular weight excluding hydrogens is 428 g/mol. The molecule has 0 aliphatic carbocycles. The van der Waals surface area contributed by atoms with Gasteiger partial charge < -0.3 is 10.2 Å². The average molecular weight is 457 g/mol. The molecule has 1 fully saturated rings. The maximum absolute atomic E-state index is 13.5. The van der Waals surface area contributed by atoms with Crippen LogP contribution >= 0.6 is 0 Å². The number of hydrogen-bond acceptors (Lipinski definition) is 6. The van der Waals surface area contributed by atoms with Crippen molar-refractivity contribution in [1.82, 2.24) is 19.6 Å². The zero-order chi connectivity index (χ0) is 24.1. The van der Waals surface area contributed by atoms with Crippen LogP contribution in [0.1, 0.15) is 23.6 Å². The van der Waals surface area contributed by atoms with Crippen molar-refractivity contribution >= 4 is 23.4 Å². The van der Waals surface area contributed by atoms with E-state index in [0.29, 0.717) is 31.1 Å². The molecule has 0 saturated carbocycles. The van der Waals surface area contributed by atoms with E-state index in [-0.39, 0.29) is 16.7 Å². The van der Waals surface area contributed by atoms with Crippen LogP contribution in [-0.4, -0.2) is 52.9 Å². The number of hydrogen-bond donors (Lipinski definition) is 1. The Balaban J connectivity index is 1.71. The number of nitrogens with one attached hydrogen (secondary N) is 1. The van der Waals surface area contributed by atoms with Gasteiger partial charge in [0, 0.05) is 45.5 Å². The average Bonchev–Trinajstić information content (AvgIpc) is 2.85. The van der Waals surface area contributed by atoms with E-state index < -0.39 is 5.91 Å². The Morgan fingerprint density at radius 3 is 2.56 bits per heavy atom. The van der Waals surface area contributed by atoms with E-state index >= 15 is 0 Å². The van der Waals surface area contributed by atoms with Crippen LogP contribution in [0, 0.1) is 18.3 Å². The zero-order valence-electron chi connectivity index (χ0n) is 19.5. The highest BCUT2D eigenvalue weighted by Crippen LogP contribution is 2.22. The summed E-state index contributed by atoms with van der Waals surface area (Å²) in [5, 5.41) is 12.2. The van der Waals surface area contributed by atoms with Crippen molar-refractivity contribution in [2.45, 2.75) is 20.4 Å². The lowest BCUT2D eigenvalue weighted by Gasteiger charge is -2.36. The molecule has 1 aliphatic heterocycles. The first-order valence-electron chi connectivity index (χ1n) is 11.4.